The molecule has 0 amide bonds. The predicted octanol–water partition coefficient (Wildman–Crippen LogP) is 4.12. The topological polar surface area (TPSA) is 76.2 Å². The van der Waals surface area contributed by atoms with Crippen molar-refractivity contribution in [3.05, 3.63) is 94.4 Å². The van der Waals surface area contributed by atoms with E-state index in [0.717, 1.165) is 16.5 Å². The van der Waals surface area contributed by atoms with Crippen LogP contribution in [0.1, 0.15) is 11.1 Å². The molecule has 2 N–H and O–H groups in total. The number of aromatic amines is 1. The van der Waals surface area contributed by atoms with Gasteiger partial charge < -0.3 is 19.8 Å². The van der Waals surface area contributed by atoms with Gasteiger partial charge in [-0.05, 0) is 41.3 Å². The summed E-state index contributed by atoms with van der Waals surface area (Å²) in [7, 11) is 1.60. The van der Waals surface area contributed by atoms with Crippen molar-refractivity contribution in [2.24, 2.45) is 0 Å². The second kappa shape index (κ2) is 8.48. The molecular weight excluding hydrogens is 366 g/mol. The van der Waals surface area contributed by atoms with Crippen LogP contribution in [0.3, 0.4) is 0 Å². The van der Waals surface area contributed by atoms with E-state index in [1.54, 1.807) is 13.3 Å². The molecule has 146 valence electrons. The monoisotopic (exact) mass is 387 g/mol. The fourth-order valence-corrected chi connectivity index (χ4v) is 3.04. The quantitative estimate of drug-likeness (QED) is 0.499. The van der Waals surface area contributed by atoms with Crippen LogP contribution in [0.15, 0.2) is 77.7 Å². The van der Waals surface area contributed by atoms with Crippen LogP contribution in [0, 0.1) is 0 Å². The van der Waals surface area contributed by atoms with Gasteiger partial charge in [0.15, 0.2) is 11.6 Å². The fourth-order valence-electron chi connectivity index (χ4n) is 3.04. The van der Waals surface area contributed by atoms with E-state index in [1.165, 1.54) is 0 Å². The van der Waals surface area contributed by atoms with Crippen LogP contribution >= 0.6 is 0 Å². The molecule has 6 nitrogen and oxygen atoms in total. The molecule has 0 unspecified atom stereocenters. The maximum Gasteiger partial charge on any atom is 0.253 e. The number of anilines is 1. The second-order valence-corrected chi connectivity index (χ2v) is 6.55. The normalized spacial score (nSPS) is 10.7. The third-order valence-electron chi connectivity index (χ3n) is 4.58. The third kappa shape index (κ3) is 4.38. The van der Waals surface area contributed by atoms with Gasteiger partial charge in [-0.3, -0.25) is 4.79 Å². The highest BCUT2D eigenvalue weighted by atomic mass is 16.5. The number of methoxy groups -OCH3 is 1. The lowest BCUT2D eigenvalue weighted by Crippen LogP contribution is -2.16. The minimum Gasteiger partial charge on any atom is -0.497 e. The van der Waals surface area contributed by atoms with Gasteiger partial charge in [0, 0.05) is 24.4 Å². The number of rotatable bonds is 7. The van der Waals surface area contributed by atoms with Crippen molar-refractivity contribution in [2.45, 2.75) is 13.2 Å². The molecule has 4 aromatic rings. The first-order valence-corrected chi connectivity index (χ1v) is 9.28. The molecule has 2 aromatic heterocycles. The average molecular weight is 387 g/mol. The number of benzene rings is 2. The Bertz CT molecular complexity index is 1170. The van der Waals surface area contributed by atoms with Crippen molar-refractivity contribution in [1.82, 2.24) is 9.97 Å². The van der Waals surface area contributed by atoms with Crippen LogP contribution in [-0.4, -0.2) is 17.1 Å². The molecule has 0 saturated heterocycles. The molecule has 0 saturated carbocycles. The van der Waals surface area contributed by atoms with E-state index in [9.17, 15) is 4.79 Å². The zero-order valence-electron chi connectivity index (χ0n) is 16.0. The molecule has 0 fully saturated rings. The number of hydrogen-bond acceptors (Lipinski definition) is 5. The van der Waals surface area contributed by atoms with E-state index in [-0.39, 0.29) is 5.56 Å². The fraction of sp³-hybridized carbons (Fsp3) is 0.130. The number of H-pyrrole nitrogens is 1. The summed E-state index contributed by atoms with van der Waals surface area (Å²) in [4.78, 5) is 19.7. The molecule has 0 aliphatic carbocycles. The largest absolute Gasteiger partial charge is 0.497 e. The average Bonchev–Trinajstić information content (AvgIpc) is 2.77. The lowest BCUT2D eigenvalue weighted by Gasteiger charge is -2.12. The maximum absolute atomic E-state index is 12.5. The predicted molar refractivity (Wildman–Crippen MR) is 113 cm³/mol. The van der Waals surface area contributed by atoms with Crippen molar-refractivity contribution in [1.29, 1.82) is 0 Å². The van der Waals surface area contributed by atoms with Crippen molar-refractivity contribution < 1.29 is 9.47 Å². The highest BCUT2D eigenvalue weighted by Gasteiger charge is 2.08. The smallest absolute Gasteiger partial charge is 0.253 e. The highest BCUT2D eigenvalue weighted by molar-refractivity contribution is 5.80. The SMILES string of the molecule is COc1ccc2cc(CNc3ncccc3OCc3ccccc3)c(=O)[nH]c2c1. The summed E-state index contributed by atoms with van der Waals surface area (Å²) in [6.07, 6.45) is 1.69. The van der Waals surface area contributed by atoms with Gasteiger partial charge in [-0.1, -0.05) is 30.3 Å². The van der Waals surface area contributed by atoms with Crippen LogP contribution in [-0.2, 0) is 13.2 Å². The molecule has 0 atom stereocenters. The van der Waals surface area contributed by atoms with E-state index < -0.39 is 0 Å². The maximum atomic E-state index is 12.5. The lowest BCUT2D eigenvalue weighted by atomic mass is 10.1. The van der Waals surface area contributed by atoms with E-state index in [4.69, 9.17) is 9.47 Å². The van der Waals surface area contributed by atoms with Crippen LogP contribution in [0.25, 0.3) is 10.9 Å². The number of fused-ring (bicyclic) bond motifs is 1. The first-order chi connectivity index (χ1) is 14.2. The molecule has 0 bridgehead atoms. The second-order valence-electron chi connectivity index (χ2n) is 6.55. The first-order valence-electron chi connectivity index (χ1n) is 9.28. The summed E-state index contributed by atoms with van der Waals surface area (Å²) in [5.74, 6) is 1.93. The summed E-state index contributed by atoms with van der Waals surface area (Å²) in [6.45, 7) is 0.773. The van der Waals surface area contributed by atoms with Crippen LogP contribution in [0.5, 0.6) is 11.5 Å². The first kappa shape index (κ1) is 18.6. The van der Waals surface area contributed by atoms with Crippen molar-refractivity contribution in [3.8, 4) is 11.5 Å². The molecule has 0 aliphatic rings. The van der Waals surface area contributed by atoms with Gasteiger partial charge >= 0.3 is 0 Å². The number of nitrogens with zero attached hydrogens (tertiary/aromatic N) is 1. The Balaban J connectivity index is 1.50. The van der Waals surface area contributed by atoms with Crippen molar-refractivity contribution in [2.75, 3.05) is 12.4 Å². The third-order valence-corrected chi connectivity index (χ3v) is 4.58. The summed E-state index contributed by atoms with van der Waals surface area (Å²) < 4.78 is 11.1. The van der Waals surface area contributed by atoms with Gasteiger partial charge in [0.2, 0.25) is 0 Å². The van der Waals surface area contributed by atoms with E-state index >= 15 is 0 Å². The number of hydrogen-bond donors (Lipinski definition) is 2. The van der Waals surface area contributed by atoms with Crippen LogP contribution < -0.4 is 20.3 Å². The summed E-state index contributed by atoms with van der Waals surface area (Å²) in [6, 6.07) is 21.1. The molecule has 29 heavy (non-hydrogen) atoms. The Morgan fingerprint density at radius 2 is 1.90 bits per heavy atom. The van der Waals surface area contributed by atoms with Gasteiger partial charge in [0.25, 0.3) is 5.56 Å². The van der Waals surface area contributed by atoms with Gasteiger partial charge in [-0.15, -0.1) is 0 Å². The minimum absolute atomic E-state index is 0.152. The van der Waals surface area contributed by atoms with Gasteiger partial charge in [-0.25, -0.2) is 4.98 Å². The molecule has 2 aromatic carbocycles. The molecule has 0 spiro atoms. The lowest BCUT2D eigenvalue weighted by molar-refractivity contribution is 0.306. The van der Waals surface area contributed by atoms with Gasteiger partial charge in [0.1, 0.15) is 12.4 Å². The van der Waals surface area contributed by atoms with Gasteiger partial charge in [0.05, 0.1) is 12.6 Å². The van der Waals surface area contributed by atoms with Crippen LogP contribution in [0.4, 0.5) is 5.82 Å². The Labute approximate surface area is 168 Å². The van der Waals surface area contributed by atoms with Crippen LogP contribution in [0.2, 0.25) is 0 Å². The standard InChI is InChI=1S/C23H21N3O3/c1-28-19-10-9-17-12-18(23(27)26-20(17)13-19)14-25-22-21(8-5-11-24-22)29-15-16-6-3-2-4-7-16/h2-13H,14-15H2,1H3,(H,24,25)(H,26,27). The Hall–Kier alpha value is -3.80. The number of nitrogens with one attached hydrogen (secondary N) is 2. The Morgan fingerprint density at radius 3 is 2.72 bits per heavy atom. The van der Waals surface area contributed by atoms with Gasteiger partial charge in [-0.2, -0.15) is 0 Å². The summed E-state index contributed by atoms with van der Waals surface area (Å²) >= 11 is 0. The van der Waals surface area contributed by atoms with E-state index in [1.807, 2.05) is 66.7 Å². The molecular formula is C23H21N3O3. The Morgan fingerprint density at radius 1 is 1.03 bits per heavy atom. The molecule has 6 heteroatoms. The molecule has 0 radical (unpaired) electrons. The summed E-state index contributed by atoms with van der Waals surface area (Å²) in [5, 5.41) is 4.15. The number of pyridine rings is 2. The zero-order valence-corrected chi connectivity index (χ0v) is 16.0. The Kier molecular flexibility index (Phi) is 5.42. The van der Waals surface area contributed by atoms with E-state index in [0.29, 0.717) is 36.0 Å². The highest BCUT2D eigenvalue weighted by Crippen LogP contribution is 2.23. The number of aromatic nitrogens is 2. The zero-order chi connectivity index (χ0) is 20.1. The van der Waals surface area contributed by atoms with E-state index in [2.05, 4.69) is 15.3 Å². The minimum atomic E-state index is -0.152. The van der Waals surface area contributed by atoms with Crippen molar-refractivity contribution >= 4 is 16.7 Å². The summed E-state index contributed by atoms with van der Waals surface area (Å²) in [5.41, 5.74) is 2.27. The molecule has 4 rings (SSSR count). The van der Waals surface area contributed by atoms with Crippen molar-refractivity contribution in [3.63, 3.8) is 0 Å². The molecule has 0 aliphatic heterocycles. The molecule has 2 heterocycles. The number of ether oxygens (including phenoxy) is 2.